The van der Waals surface area contributed by atoms with Gasteiger partial charge in [0.2, 0.25) is 17.7 Å². The Balaban J connectivity index is 1.18. The molecule has 6 rings (SSSR count). The third kappa shape index (κ3) is 15.5. The molecular formula is C59H89N5O14. The summed E-state index contributed by atoms with van der Waals surface area (Å²) >= 11 is 0. The van der Waals surface area contributed by atoms with Gasteiger partial charge in [-0.15, -0.1) is 0 Å². The van der Waals surface area contributed by atoms with E-state index in [1.54, 1.807) is 52.0 Å². The number of hydrazine groups is 1. The number of piperidine rings is 1. The molecule has 18 atom stereocenters. The number of allylic oxidation sites excluding steroid dienone is 3. The Hall–Kier alpha value is -5.02. The number of nitrogens with one attached hydrogen (secondary N) is 4. The number of benzene rings is 1. The monoisotopic (exact) mass is 1090 g/mol. The van der Waals surface area contributed by atoms with E-state index >= 15 is 0 Å². The van der Waals surface area contributed by atoms with E-state index in [2.05, 4.69) is 21.4 Å². The van der Waals surface area contributed by atoms with Gasteiger partial charge >= 0.3 is 5.97 Å². The molecule has 4 fully saturated rings. The number of aliphatic hydroxyl groups excluding tert-OH is 5. The van der Waals surface area contributed by atoms with Crippen LogP contribution in [0.1, 0.15) is 138 Å². The van der Waals surface area contributed by atoms with Crippen LogP contribution < -0.4 is 21.4 Å². The number of ether oxygens (including phenoxy) is 2. The summed E-state index contributed by atoms with van der Waals surface area (Å²) in [4.78, 5) is 82.1. The molecule has 3 saturated heterocycles. The fourth-order valence-corrected chi connectivity index (χ4v) is 11.9. The molecule has 0 radical (unpaired) electrons. The van der Waals surface area contributed by atoms with Gasteiger partial charge in [0.1, 0.15) is 41.5 Å². The number of nitrogens with zero attached hydrogens (tertiary/aromatic N) is 1. The Morgan fingerprint density at radius 1 is 0.949 bits per heavy atom. The molecule has 5 aliphatic rings. The van der Waals surface area contributed by atoms with Crippen molar-refractivity contribution in [2.45, 2.75) is 205 Å². The third-order valence-corrected chi connectivity index (χ3v) is 17.3. The van der Waals surface area contributed by atoms with Crippen molar-refractivity contribution in [2.24, 2.45) is 47.3 Å². The highest BCUT2D eigenvalue weighted by molar-refractivity contribution is 5.93. The minimum atomic E-state index is -1.48. The average Bonchev–Trinajstić information content (AvgIpc) is 3.59. The fraction of sp³-hybridized carbons (Fsp3) is 0.695. The van der Waals surface area contributed by atoms with Crippen molar-refractivity contribution < 1.29 is 68.9 Å². The summed E-state index contributed by atoms with van der Waals surface area (Å²) in [7, 11) is 0. The molecular weight excluding hydrogens is 1000 g/mol. The second-order valence-corrected chi connectivity index (χ2v) is 23.5. The second kappa shape index (κ2) is 27.9. The number of carbonyl (C=O) groups is 6. The number of aliphatic hydroxyl groups is 5. The minimum Gasteiger partial charge on any atom is -0.508 e. The van der Waals surface area contributed by atoms with E-state index in [4.69, 9.17) is 9.47 Å². The lowest BCUT2D eigenvalue weighted by atomic mass is 9.55. The van der Waals surface area contributed by atoms with Gasteiger partial charge in [0.05, 0.1) is 42.5 Å². The van der Waals surface area contributed by atoms with Crippen LogP contribution in [0.5, 0.6) is 5.75 Å². The summed E-state index contributed by atoms with van der Waals surface area (Å²) in [5, 5.41) is 77.3. The number of hydrogen-bond donors (Lipinski definition) is 10. The van der Waals surface area contributed by atoms with Gasteiger partial charge in [0, 0.05) is 61.8 Å². The standard InChI is InChI=1S/C59H89N5O14/c1-9-39-28-40-29-44-53(71)37(8)50(78-59(40,44)62-54(39)72)31-48(69)33(4)16-11-10-12-17-34(5)49-30-42(67)20-14-22-47(68)36(7)52(70)43(24-23-35(6)65)55(73)61-51(32(2)3)56(74)60-46(27-38-18-13-19-41(66)26-38)57(75)64-25-15-21-45(63-64)58(76)77-49/h10,12-14,17-19,22,26,32-33,36-37,39-40,42-53,63,66-71H,9,11,15-16,20-21,23-25,27-31H2,1-8H3,(H,60,74)(H,61,73)(H,62,72)/b12-10+,22-14+,34-17+/t33-,36-,37-,39-,40+,42?,43+,44-,45?,46-,47-,48-,49-,50-,51-,52+,53-,59+/m0/s1. The molecule has 1 aromatic rings. The molecule has 10 N–H and O–H groups in total. The number of Topliss-reactive ketones (excluding diaryl/α,β-unsaturated/α-hetero) is 1. The molecule has 19 heteroatoms. The van der Waals surface area contributed by atoms with Crippen LogP contribution in [0.2, 0.25) is 0 Å². The molecule has 19 nitrogen and oxygen atoms in total. The van der Waals surface area contributed by atoms with Crippen LogP contribution in [0.4, 0.5) is 0 Å². The van der Waals surface area contributed by atoms with Crippen molar-refractivity contribution >= 4 is 35.4 Å². The quantitative estimate of drug-likeness (QED) is 0.0676. The number of aromatic hydroxyl groups is 1. The van der Waals surface area contributed by atoms with E-state index in [0.29, 0.717) is 43.2 Å². The Labute approximate surface area is 460 Å². The molecule has 78 heavy (non-hydrogen) atoms. The fourth-order valence-electron chi connectivity index (χ4n) is 11.9. The summed E-state index contributed by atoms with van der Waals surface area (Å²) in [5.74, 6) is -6.21. The van der Waals surface area contributed by atoms with E-state index in [0.717, 1.165) is 19.3 Å². The van der Waals surface area contributed by atoms with Crippen LogP contribution in [0, 0.1) is 47.3 Å². The van der Waals surface area contributed by atoms with Gasteiger partial charge in [0.25, 0.3) is 5.91 Å². The molecule has 4 amide bonds. The first-order chi connectivity index (χ1) is 36.9. The minimum absolute atomic E-state index is 0.0148. The number of amides is 4. The molecule has 4 heterocycles. The number of carbonyl (C=O) groups excluding carboxylic acids is 6. The van der Waals surface area contributed by atoms with Gasteiger partial charge in [-0.1, -0.05) is 84.1 Å². The highest BCUT2D eigenvalue weighted by Gasteiger charge is 2.67. The van der Waals surface area contributed by atoms with Crippen LogP contribution in [0.15, 0.2) is 60.2 Å². The lowest BCUT2D eigenvalue weighted by Gasteiger charge is -2.65. The number of cyclic esters (lactones) is 1. The zero-order valence-electron chi connectivity index (χ0n) is 46.9. The van der Waals surface area contributed by atoms with Crippen molar-refractivity contribution in [3.63, 3.8) is 0 Å². The zero-order valence-corrected chi connectivity index (χ0v) is 46.9. The van der Waals surface area contributed by atoms with Gasteiger partial charge < -0.3 is 60.9 Å². The van der Waals surface area contributed by atoms with E-state index in [1.807, 2.05) is 32.9 Å². The van der Waals surface area contributed by atoms with Gasteiger partial charge in [-0.3, -0.25) is 29.0 Å². The molecule has 1 aromatic carbocycles. The summed E-state index contributed by atoms with van der Waals surface area (Å²) < 4.78 is 12.8. The predicted molar refractivity (Wildman–Crippen MR) is 290 cm³/mol. The zero-order chi connectivity index (χ0) is 57.2. The lowest BCUT2D eigenvalue weighted by Crippen LogP contribution is -2.78. The van der Waals surface area contributed by atoms with Gasteiger partial charge in [-0.25, -0.2) is 5.43 Å². The molecule has 4 aliphatic heterocycles. The normalized spacial score (nSPS) is 36.1. The highest BCUT2D eigenvalue weighted by Crippen LogP contribution is 2.57. The molecule has 1 saturated carbocycles. The topological polar surface area (TPSA) is 294 Å². The van der Waals surface area contributed by atoms with Crippen LogP contribution >= 0.6 is 0 Å². The highest BCUT2D eigenvalue weighted by atomic mass is 16.5. The molecule has 2 unspecified atom stereocenters. The predicted octanol–water partition coefficient (Wildman–Crippen LogP) is 3.97. The van der Waals surface area contributed by atoms with E-state index in [9.17, 15) is 59.4 Å². The summed E-state index contributed by atoms with van der Waals surface area (Å²) in [6.07, 6.45) is 6.06. The van der Waals surface area contributed by atoms with Crippen molar-refractivity contribution in [1.29, 1.82) is 0 Å². The number of hydrogen-bond acceptors (Lipinski definition) is 15. The lowest BCUT2D eigenvalue weighted by molar-refractivity contribution is -0.320. The van der Waals surface area contributed by atoms with Crippen LogP contribution in [0.25, 0.3) is 0 Å². The maximum atomic E-state index is 14.5. The SMILES string of the molecule is CC[C@H]1C[C@@H]2C[C@H]3[C@@H](O)[C@@H](C)[C@H](C[C@H](O)[C@@H](C)CC/C=C/C=C(\C)[C@@H]4CC(O)C/C=C/[C@H](O)[C@H](C)[C@@H](O)[C@@H](CCC(C)=O)C(=O)N[C@@H](C(C)C)C(=O)N[C@@H](Cc5cccc(O)c5)C(=O)N5CCCC(N5)C(=O)O4)O[C@]23NC1=O. The summed E-state index contributed by atoms with van der Waals surface area (Å²) in [6.45, 7) is 14.1. The number of phenols is 1. The van der Waals surface area contributed by atoms with Crippen LogP contribution in [-0.2, 0) is 44.7 Å². The number of fused-ring (bicyclic) bond motifs is 2. The van der Waals surface area contributed by atoms with Crippen molar-refractivity contribution in [2.75, 3.05) is 6.54 Å². The largest absolute Gasteiger partial charge is 0.508 e. The Morgan fingerprint density at radius 3 is 2.38 bits per heavy atom. The van der Waals surface area contributed by atoms with Crippen molar-refractivity contribution in [3.05, 3.63) is 65.8 Å². The Bertz CT molecular complexity index is 2340. The van der Waals surface area contributed by atoms with Crippen LogP contribution in [0.3, 0.4) is 0 Å². The summed E-state index contributed by atoms with van der Waals surface area (Å²) in [5.41, 5.74) is 3.24. The van der Waals surface area contributed by atoms with E-state index < -0.39 is 108 Å². The van der Waals surface area contributed by atoms with Gasteiger partial charge in [0.15, 0.2) is 0 Å². The third-order valence-electron chi connectivity index (χ3n) is 17.3. The number of ketones is 1. The molecule has 1 spiro atoms. The molecule has 434 valence electrons. The van der Waals surface area contributed by atoms with E-state index in [-0.39, 0.29) is 85.7 Å². The maximum Gasteiger partial charge on any atom is 0.325 e. The molecule has 2 bridgehead atoms. The average molecular weight is 1090 g/mol. The number of esters is 1. The van der Waals surface area contributed by atoms with Crippen LogP contribution in [-0.4, -0.2) is 144 Å². The maximum absolute atomic E-state index is 14.5. The first kappa shape index (κ1) is 62.2. The van der Waals surface area contributed by atoms with Crippen molar-refractivity contribution in [3.8, 4) is 5.75 Å². The molecule has 1 aliphatic carbocycles. The van der Waals surface area contributed by atoms with Crippen molar-refractivity contribution in [1.82, 2.24) is 26.4 Å². The second-order valence-electron chi connectivity index (χ2n) is 23.5. The van der Waals surface area contributed by atoms with Gasteiger partial charge in [-0.05, 0) is 107 Å². The number of rotatable bonds is 15. The smallest absolute Gasteiger partial charge is 0.325 e. The first-order valence-corrected chi connectivity index (χ1v) is 28.5. The number of phenolic OH excluding ortho intramolecular Hbond substituents is 1. The van der Waals surface area contributed by atoms with Gasteiger partial charge in [-0.2, -0.15) is 0 Å². The Kier molecular flexibility index (Phi) is 22.3. The first-order valence-electron chi connectivity index (χ1n) is 28.5. The Morgan fingerprint density at radius 2 is 1.69 bits per heavy atom. The molecule has 0 aromatic heterocycles. The summed E-state index contributed by atoms with van der Waals surface area (Å²) in [6, 6.07) is 2.74. The van der Waals surface area contributed by atoms with E-state index in [1.165, 1.54) is 30.1 Å².